The average molecular weight is 949 g/mol. The maximum atomic E-state index is 12.2. The van der Waals surface area contributed by atoms with E-state index in [0.717, 1.165) is 36.9 Å². The normalized spacial score (nSPS) is 16.8. The van der Waals surface area contributed by atoms with Crippen molar-refractivity contribution in [2.75, 3.05) is 0 Å². The number of aliphatic hydroxyl groups excluding tert-OH is 1. The van der Waals surface area contributed by atoms with E-state index in [2.05, 4.69) is 81.4 Å². The number of carbonyl (C=O) groups excluding carboxylic acids is 1. The molecule has 303 valence electrons. The molecule has 3 aromatic carbocycles. The van der Waals surface area contributed by atoms with Crippen LogP contribution in [0.3, 0.4) is 0 Å². The van der Waals surface area contributed by atoms with Crippen molar-refractivity contribution in [3.63, 3.8) is 0 Å². The van der Waals surface area contributed by atoms with Crippen LogP contribution in [0.15, 0.2) is 72.6 Å². The van der Waals surface area contributed by atoms with Crippen molar-refractivity contribution in [2.24, 2.45) is 16.2 Å². The van der Waals surface area contributed by atoms with Crippen LogP contribution < -0.4 is 0 Å². The van der Waals surface area contributed by atoms with Crippen LogP contribution in [-0.4, -0.2) is 15.9 Å². The summed E-state index contributed by atoms with van der Waals surface area (Å²) < 4.78 is 2.79. The van der Waals surface area contributed by atoms with Crippen LogP contribution in [-0.2, 0) is 30.3 Å². The largest absolute Gasteiger partial charge is 0.512 e. The maximum Gasteiger partial charge on any atom is 0.164 e. The van der Waals surface area contributed by atoms with Gasteiger partial charge in [-0.25, -0.2) is 0 Å². The van der Waals surface area contributed by atoms with Gasteiger partial charge in [0, 0.05) is 63.7 Å². The van der Waals surface area contributed by atoms with Crippen molar-refractivity contribution in [2.45, 2.75) is 157 Å². The number of carbonyl (C=O) groups is 1. The van der Waals surface area contributed by atoms with Crippen molar-refractivity contribution in [1.82, 2.24) is 4.98 Å². The summed E-state index contributed by atoms with van der Waals surface area (Å²) in [6.07, 6.45) is 19.6. The molecule has 5 heteroatoms. The zero-order valence-electron chi connectivity index (χ0n) is 35.7. The number of pyridine rings is 1. The van der Waals surface area contributed by atoms with Crippen LogP contribution in [0.4, 0.5) is 0 Å². The van der Waals surface area contributed by atoms with Gasteiger partial charge in [0.1, 0.15) is 5.76 Å². The summed E-state index contributed by atoms with van der Waals surface area (Å²) in [6.45, 7) is 19.0. The van der Waals surface area contributed by atoms with Gasteiger partial charge in [-0.1, -0.05) is 129 Å². The van der Waals surface area contributed by atoms with Crippen LogP contribution in [0.25, 0.3) is 42.2 Å². The Morgan fingerprint density at radius 3 is 2.04 bits per heavy atom. The van der Waals surface area contributed by atoms with Crippen molar-refractivity contribution in [3.8, 4) is 11.3 Å². The van der Waals surface area contributed by atoms with Crippen LogP contribution in [0.2, 0.25) is 0 Å². The number of ketones is 1. The Balaban J connectivity index is 0.000000285. The number of allylic oxidation sites excluding steroid dienone is 2. The molecule has 0 atom stereocenters. The molecule has 0 saturated heterocycles. The number of aromatic nitrogens is 1. The molecule has 0 amide bonds. The van der Waals surface area contributed by atoms with Gasteiger partial charge in [-0.15, -0.1) is 40.5 Å². The first kappa shape index (κ1) is 44.3. The Morgan fingerprint density at radius 2 is 1.41 bits per heavy atom. The van der Waals surface area contributed by atoms with E-state index in [1.807, 2.05) is 59.1 Å². The smallest absolute Gasteiger partial charge is 0.164 e. The molecule has 2 aliphatic rings. The second-order valence-corrected chi connectivity index (χ2v) is 19.5. The number of aliphatic hydroxyl groups is 1. The molecule has 56 heavy (non-hydrogen) atoms. The molecule has 1 N–H and O–H groups in total. The quantitative estimate of drug-likeness (QED) is 0.0910. The van der Waals surface area contributed by atoms with E-state index in [1.54, 1.807) is 5.56 Å². The van der Waals surface area contributed by atoms with E-state index >= 15 is 0 Å². The molecule has 7 rings (SSSR count). The van der Waals surface area contributed by atoms with Gasteiger partial charge >= 0.3 is 0 Å². The third-order valence-electron chi connectivity index (χ3n) is 14.3. The fourth-order valence-corrected chi connectivity index (χ4v) is 10.7. The molecule has 2 aliphatic carbocycles. The molecule has 2 fully saturated rings. The zero-order chi connectivity index (χ0) is 39.6. The molecule has 2 heterocycles. The molecule has 0 bridgehead atoms. The van der Waals surface area contributed by atoms with Crippen molar-refractivity contribution in [3.05, 3.63) is 89.8 Å². The van der Waals surface area contributed by atoms with Crippen LogP contribution in [0.5, 0.6) is 0 Å². The first-order valence-corrected chi connectivity index (χ1v) is 22.2. The van der Waals surface area contributed by atoms with Gasteiger partial charge in [-0.2, -0.15) is 0 Å². The Hall–Kier alpha value is -2.85. The Labute approximate surface area is 355 Å². The number of benzene rings is 3. The van der Waals surface area contributed by atoms with E-state index in [0.29, 0.717) is 11.3 Å². The van der Waals surface area contributed by atoms with Gasteiger partial charge in [0.15, 0.2) is 5.78 Å². The summed E-state index contributed by atoms with van der Waals surface area (Å²) >= 11 is 1.97. The summed E-state index contributed by atoms with van der Waals surface area (Å²) in [4.78, 5) is 17.2. The number of rotatable bonds is 9. The molecule has 0 aliphatic heterocycles. The predicted octanol–water partition coefficient (Wildman–Crippen LogP) is 15.6. The fraction of sp³-hybridized carbons (Fsp3) is 0.529. The molecule has 0 unspecified atom stereocenters. The van der Waals surface area contributed by atoms with E-state index in [-0.39, 0.29) is 47.9 Å². The first-order valence-electron chi connectivity index (χ1n) is 21.4. The van der Waals surface area contributed by atoms with Gasteiger partial charge in [-0.05, 0) is 98.0 Å². The molecular formula is C51H66IrNO2S-. The molecule has 2 aromatic heterocycles. The minimum Gasteiger partial charge on any atom is -0.512 e. The number of nitrogens with zero attached hydrogens (tertiary/aromatic N) is 1. The third-order valence-corrected chi connectivity index (χ3v) is 15.6. The fourth-order valence-electron chi connectivity index (χ4n) is 9.26. The monoisotopic (exact) mass is 949 g/mol. The molecule has 2 saturated carbocycles. The van der Waals surface area contributed by atoms with E-state index < -0.39 is 0 Å². The third kappa shape index (κ3) is 8.91. The van der Waals surface area contributed by atoms with Crippen LogP contribution in [0.1, 0.15) is 163 Å². The average Bonchev–Trinajstić information content (AvgIpc) is 3.59. The molecule has 3 nitrogen and oxygen atoms in total. The second-order valence-electron chi connectivity index (χ2n) is 18.5. The first-order chi connectivity index (χ1) is 26.2. The summed E-state index contributed by atoms with van der Waals surface area (Å²) in [5, 5.41) is 15.3. The number of thiophene rings is 1. The van der Waals surface area contributed by atoms with Gasteiger partial charge in [0.05, 0.1) is 0 Å². The topological polar surface area (TPSA) is 50.2 Å². The van der Waals surface area contributed by atoms with Crippen molar-refractivity contribution >= 4 is 48.1 Å². The molecule has 1 spiro atoms. The summed E-state index contributed by atoms with van der Waals surface area (Å²) in [7, 11) is 0. The summed E-state index contributed by atoms with van der Waals surface area (Å²) in [6, 6.07) is 24.1. The minimum absolute atomic E-state index is 0. The maximum absolute atomic E-state index is 12.2. The van der Waals surface area contributed by atoms with E-state index in [9.17, 15) is 9.90 Å². The summed E-state index contributed by atoms with van der Waals surface area (Å²) in [5.74, 6) is 0.976. The van der Waals surface area contributed by atoms with Crippen LogP contribution in [0, 0.1) is 22.3 Å². The minimum atomic E-state index is -0.337. The van der Waals surface area contributed by atoms with E-state index in [1.165, 1.54) is 100 Å². The summed E-state index contributed by atoms with van der Waals surface area (Å²) in [5.41, 5.74) is 5.24. The van der Waals surface area contributed by atoms with Gasteiger partial charge < -0.3 is 5.11 Å². The van der Waals surface area contributed by atoms with Gasteiger partial charge in [-0.3, -0.25) is 9.78 Å². The van der Waals surface area contributed by atoms with Gasteiger partial charge in [0.2, 0.25) is 0 Å². The number of fused-ring (bicyclic) bond motifs is 4. The molecule has 5 aromatic rings. The predicted molar refractivity (Wildman–Crippen MR) is 237 cm³/mol. The Bertz CT molecular complexity index is 2150. The van der Waals surface area contributed by atoms with Crippen LogP contribution >= 0.6 is 11.3 Å². The van der Waals surface area contributed by atoms with Crippen molar-refractivity contribution in [1.29, 1.82) is 0 Å². The zero-order valence-corrected chi connectivity index (χ0v) is 38.9. The van der Waals surface area contributed by atoms with Crippen molar-refractivity contribution < 1.29 is 30.0 Å². The number of hydrogen-bond acceptors (Lipinski definition) is 4. The van der Waals surface area contributed by atoms with Gasteiger partial charge in [0.25, 0.3) is 0 Å². The second kappa shape index (κ2) is 18.0. The molecule has 1 radical (unpaired) electrons. The SMILES string of the molecule is CC(C)(C)c1cc(-c2nccc3c2sc2c(C4CCC5(CCCCC5)CC4)cccc23)[c-]c2ccccc12.CCC(C)(CC)C(=O)/C=C(\O)C(C)(CC)CC.[Ir]. The Kier molecular flexibility index (Phi) is 14.2. The standard InChI is InChI=1S/C36H38NS.C15H28O2.Ir/c1-35(2,3)31-23-26(22-25-10-5-6-11-27(25)31)32-34-30(16-21-37-32)29-13-9-12-28(33(29)38-34)24-14-19-36(20-15-24)17-7-4-8-18-36;1-7-14(5,8-2)12(16)11-13(17)15(6,9-3)10-4;/h5-6,9-13,16,21,23-24H,4,7-8,14-15,17-20H2,1-3H3;11,16H,7-10H2,1-6H3;/q-1;;/b;12-11-;. The Morgan fingerprint density at radius 1 is 0.804 bits per heavy atom. The molecular weight excluding hydrogens is 883 g/mol. The number of hydrogen-bond donors (Lipinski definition) is 1. The van der Waals surface area contributed by atoms with E-state index in [4.69, 9.17) is 4.98 Å².